The van der Waals surface area contributed by atoms with Crippen LogP contribution in [0, 0.1) is 0 Å². The second-order valence-electron chi connectivity index (χ2n) is 8.02. The fraction of sp³-hybridized carbons (Fsp3) is 0.143. The molecule has 0 heteroatoms. The Morgan fingerprint density at radius 1 is 0.679 bits per heavy atom. The fourth-order valence-corrected chi connectivity index (χ4v) is 5.29. The second kappa shape index (κ2) is 6.21. The van der Waals surface area contributed by atoms with E-state index in [-0.39, 0.29) is 0 Å². The quantitative estimate of drug-likeness (QED) is 0.332. The number of hydrogen-bond donors (Lipinski definition) is 0. The van der Waals surface area contributed by atoms with E-state index in [1.165, 1.54) is 50.2 Å². The molecule has 0 nitrogen and oxygen atoms in total. The average Bonchev–Trinajstić information content (AvgIpc) is 2.78. The highest BCUT2D eigenvalue weighted by Gasteiger charge is 2.30. The normalized spacial score (nSPS) is 18.4. The maximum Gasteiger partial charge on any atom is 0.0104 e. The van der Waals surface area contributed by atoms with Crippen molar-refractivity contribution in [3.8, 4) is 0 Å². The summed E-state index contributed by atoms with van der Waals surface area (Å²) < 4.78 is 0. The molecule has 4 aromatic rings. The van der Waals surface area contributed by atoms with Gasteiger partial charge in [-0.15, -0.1) is 0 Å². The summed E-state index contributed by atoms with van der Waals surface area (Å²) in [5.74, 6) is 0.462. The van der Waals surface area contributed by atoms with Gasteiger partial charge in [0.05, 0.1) is 0 Å². The van der Waals surface area contributed by atoms with Crippen LogP contribution in [0.2, 0.25) is 0 Å². The van der Waals surface area contributed by atoms with Crippen molar-refractivity contribution < 1.29 is 0 Å². The van der Waals surface area contributed by atoms with Gasteiger partial charge < -0.3 is 0 Å². The third kappa shape index (κ3) is 2.31. The van der Waals surface area contributed by atoms with Gasteiger partial charge in [-0.25, -0.2) is 0 Å². The van der Waals surface area contributed by atoms with Gasteiger partial charge in [-0.3, -0.25) is 0 Å². The summed E-state index contributed by atoms with van der Waals surface area (Å²) in [5, 5.41) is 5.51. The molecule has 0 aliphatic heterocycles. The van der Waals surface area contributed by atoms with E-state index in [0.717, 1.165) is 12.8 Å². The summed E-state index contributed by atoms with van der Waals surface area (Å²) in [6.45, 7) is 0. The van der Waals surface area contributed by atoms with Crippen LogP contribution in [0.15, 0.2) is 96.6 Å². The lowest BCUT2D eigenvalue weighted by molar-refractivity contribution is 0.729. The first kappa shape index (κ1) is 15.9. The predicted molar refractivity (Wildman–Crippen MR) is 120 cm³/mol. The molecule has 0 heterocycles. The Bertz CT molecular complexity index is 1280. The molecule has 0 fully saturated rings. The monoisotopic (exact) mass is 358 g/mol. The molecule has 0 saturated carbocycles. The van der Waals surface area contributed by atoms with Crippen LogP contribution in [-0.4, -0.2) is 0 Å². The number of hydrogen-bond acceptors (Lipinski definition) is 0. The lowest BCUT2D eigenvalue weighted by atomic mass is 9.71. The van der Waals surface area contributed by atoms with E-state index in [0.29, 0.717) is 5.92 Å². The Hall–Kier alpha value is -3.12. The maximum atomic E-state index is 2.38. The average molecular weight is 358 g/mol. The molecule has 0 amide bonds. The van der Waals surface area contributed by atoms with Crippen molar-refractivity contribution >= 4 is 27.1 Å². The molecular weight excluding hydrogens is 336 g/mol. The van der Waals surface area contributed by atoms with E-state index in [1.807, 2.05) is 0 Å². The molecule has 0 spiro atoms. The van der Waals surface area contributed by atoms with Crippen molar-refractivity contribution in [2.24, 2.45) is 0 Å². The summed E-state index contributed by atoms with van der Waals surface area (Å²) >= 11 is 0. The van der Waals surface area contributed by atoms with E-state index in [9.17, 15) is 0 Å². The van der Waals surface area contributed by atoms with Gasteiger partial charge in [0.1, 0.15) is 0 Å². The number of allylic oxidation sites excluding steroid dienone is 4. The molecule has 0 N–H and O–H groups in total. The lowest BCUT2D eigenvalue weighted by Crippen LogP contribution is -2.17. The van der Waals surface area contributed by atoms with Gasteiger partial charge in [0, 0.05) is 5.92 Å². The lowest BCUT2D eigenvalue weighted by Gasteiger charge is -2.33. The summed E-state index contributed by atoms with van der Waals surface area (Å²) in [6.07, 6.45) is 8.15. The fourth-order valence-electron chi connectivity index (χ4n) is 5.29. The van der Waals surface area contributed by atoms with Gasteiger partial charge in [-0.05, 0) is 63.1 Å². The SMILES string of the molecule is C1=CC2=C(CC1)C(c1cccc3ccccc13)Cc1c2ccc2ccccc12. The van der Waals surface area contributed by atoms with Crippen LogP contribution in [0.25, 0.3) is 27.1 Å². The first-order valence-corrected chi connectivity index (χ1v) is 10.3. The zero-order valence-electron chi connectivity index (χ0n) is 15.9. The van der Waals surface area contributed by atoms with Crippen LogP contribution in [0.5, 0.6) is 0 Å². The van der Waals surface area contributed by atoms with Crippen LogP contribution in [-0.2, 0) is 6.42 Å². The molecule has 0 radical (unpaired) electrons. The summed E-state index contributed by atoms with van der Waals surface area (Å²) in [6, 6.07) is 29.2. The molecule has 1 atom stereocenters. The highest BCUT2D eigenvalue weighted by atomic mass is 14.3. The van der Waals surface area contributed by atoms with Crippen LogP contribution in [0.1, 0.15) is 35.4 Å². The molecule has 134 valence electrons. The standard InChI is InChI=1S/C28H22/c1-3-11-21-19(8-1)10-7-15-23(21)28-18-27-22-12-4-2-9-20(22)16-17-26(27)24-13-5-6-14-25(24)28/h1-5,7-13,15-17,28H,6,14,18H2. The zero-order chi connectivity index (χ0) is 18.5. The highest BCUT2D eigenvalue weighted by molar-refractivity contribution is 5.95. The Labute approximate surface area is 165 Å². The third-order valence-corrected chi connectivity index (χ3v) is 6.57. The van der Waals surface area contributed by atoms with Crippen LogP contribution < -0.4 is 0 Å². The van der Waals surface area contributed by atoms with E-state index in [4.69, 9.17) is 0 Å². The minimum Gasteiger partial charge on any atom is -0.0836 e. The highest BCUT2D eigenvalue weighted by Crippen LogP contribution is 2.47. The molecule has 2 aliphatic rings. The topological polar surface area (TPSA) is 0 Å². The molecular formula is C28H22. The summed E-state index contributed by atoms with van der Waals surface area (Å²) in [5.41, 5.74) is 7.54. The first-order chi connectivity index (χ1) is 13.9. The van der Waals surface area contributed by atoms with Crippen molar-refractivity contribution in [1.82, 2.24) is 0 Å². The van der Waals surface area contributed by atoms with Gasteiger partial charge >= 0.3 is 0 Å². The van der Waals surface area contributed by atoms with E-state index in [1.54, 1.807) is 5.57 Å². The number of fused-ring (bicyclic) bond motifs is 5. The number of rotatable bonds is 1. The van der Waals surface area contributed by atoms with Gasteiger partial charge in [0.25, 0.3) is 0 Å². The van der Waals surface area contributed by atoms with Crippen molar-refractivity contribution in [2.45, 2.75) is 25.2 Å². The van der Waals surface area contributed by atoms with Gasteiger partial charge in [0.2, 0.25) is 0 Å². The molecule has 2 aliphatic carbocycles. The minimum absolute atomic E-state index is 0.462. The van der Waals surface area contributed by atoms with Crippen molar-refractivity contribution in [2.75, 3.05) is 0 Å². The smallest absolute Gasteiger partial charge is 0.0104 e. The summed E-state index contributed by atoms with van der Waals surface area (Å²) in [7, 11) is 0. The Kier molecular flexibility index (Phi) is 3.52. The minimum atomic E-state index is 0.462. The number of benzene rings is 4. The van der Waals surface area contributed by atoms with Crippen molar-refractivity contribution in [3.05, 3.63) is 113 Å². The largest absolute Gasteiger partial charge is 0.0836 e. The van der Waals surface area contributed by atoms with Crippen LogP contribution >= 0.6 is 0 Å². The van der Waals surface area contributed by atoms with E-state index in [2.05, 4.69) is 91.0 Å². The first-order valence-electron chi connectivity index (χ1n) is 10.3. The van der Waals surface area contributed by atoms with Crippen molar-refractivity contribution in [1.29, 1.82) is 0 Å². The molecule has 6 rings (SSSR count). The molecule has 4 aromatic carbocycles. The molecule has 28 heavy (non-hydrogen) atoms. The van der Waals surface area contributed by atoms with E-state index >= 15 is 0 Å². The van der Waals surface area contributed by atoms with Crippen molar-refractivity contribution in [3.63, 3.8) is 0 Å². The molecule has 1 unspecified atom stereocenters. The van der Waals surface area contributed by atoms with Crippen LogP contribution in [0.4, 0.5) is 0 Å². The molecule has 0 bridgehead atoms. The molecule has 0 aromatic heterocycles. The van der Waals surface area contributed by atoms with E-state index < -0.39 is 0 Å². The maximum absolute atomic E-state index is 2.38. The van der Waals surface area contributed by atoms with Crippen LogP contribution in [0.3, 0.4) is 0 Å². The third-order valence-electron chi connectivity index (χ3n) is 6.57. The summed E-state index contributed by atoms with van der Waals surface area (Å²) in [4.78, 5) is 0. The Morgan fingerprint density at radius 2 is 1.43 bits per heavy atom. The van der Waals surface area contributed by atoms with Gasteiger partial charge in [-0.2, -0.15) is 0 Å². The second-order valence-corrected chi connectivity index (χ2v) is 8.02. The molecule has 0 saturated heterocycles. The Balaban J connectivity index is 1.64. The van der Waals surface area contributed by atoms with Gasteiger partial charge in [-0.1, -0.05) is 96.6 Å². The zero-order valence-corrected chi connectivity index (χ0v) is 15.9. The Morgan fingerprint density at radius 3 is 2.32 bits per heavy atom. The van der Waals surface area contributed by atoms with Gasteiger partial charge in [0.15, 0.2) is 0 Å². The predicted octanol–water partition coefficient (Wildman–Crippen LogP) is 7.44.